The zero-order valence-electron chi connectivity index (χ0n) is 15.5. The Morgan fingerprint density at radius 2 is 1.93 bits per heavy atom. The second kappa shape index (κ2) is 8.52. The molecule has 0 radical (unpaired) electrons. The predicted octanol–water partition coefficient (Wildman–Crippen LogP) is 1.83. The number of hydrogen-bond donors (Lipinski definition) is 1. The van der Waals surface area contributed by atoms with Gasteiger partial charge >= 0.3 is 0 Å². The van der Waals surface area contributed by atoms with Crippen LogP contribution in [0.15, 0.2) is 53.4 Å². The summed E-state index contributed by atoms with van der Waals surface area (Å²) >= 11 is 0. The lowest BCUT2D eigenvalue weighted by Crippen LogP contribution is -2.50. The largest absolute Gasteiger partial charge is 0.365 e. The van der Waals surface area contributed by atoms with E-state index in [1.165, 1.54) is 17.7 Å². The van der Waals surface area contributed by atoms with Gasteiger partial charge in [-0.3, -0.25) is 4.79 Å². The average Bonchev–Trinajstić information content (AvgIpc) is 2.73. The molecule has 2 aromatic rings. The number of morpholine rings is 1. The molecule has 28 heavy (non-hydrogen) atoms. The van der Waals surface area contributed by atoms with E-state index in [1.807, 2.05) is 30.3 Å². The number of hydrogen-bond acceptors (Lipinski definition) is 5. The molecule has 1 unspecified atom stereocenters. The van der Waals surface area contributed by atoms with Gasteiger partial charge in [0.15, 0.2) is 0 Å². The molecule has 0 bridgehead atoms. The van der Waals surface area contributed by atoms with Crippen molar-refractivity contribution in [1.29, 1.82) is 5.26 Å². The minimum absolute atomic E-state index is 0.00107. The van der Waals surface area contributed by atoms with Gasteiger partial charge in [-0.15, -0.1) is 0 Å². The van der Waals surface area contributed by atoms with Gasteiger partial charge in [-0.2, -0.15) is 5.26 Å². The SMILES string of the molecule is CCc1ccc(N2CC(CNS(=O)(=O)c3ccccc3C#N)OCC2=O)cc1. The van der Waals surface area contributed by atoms with Crippen molar-refractivity contribution >= 4 is 21.6 Å². The third-order valence-electron chi connectivity index (χ3n) is 4.58. The van der Waals surface area contributed by atoms with E-state index in [0.717, 1.165) is 12.1 Å². The highest BCUT2D eigenvalue weighted by atomic mass is 32.2. The van der Waals surface area contributed by atoms with Crippen molar-refractivity contribution in [2.24, 2.45) is 0 Å². The van der Waals surface area contributed by atoms with Crippen LogP contribution in [0, 0.1) is 11.3 Å². The second-order valence-electron chi connectivity index (χ2n) is 6.42. The molecule has 1 aliphatic heterocycles. The fraction of sp³-hybridized carbons (Fsp3) is 0.300. The highest BCUT2D eigenvalue weighted by Gasteiger charge is 2.29. The molecule has 0 aliphatic carbocycles. The molecule has 8 heteroatoms. The summed E-state index contributed by atoms with van der Waals surface area (Å²) in [5.74, 6) is -0.168. The van der Waals surface area contributed by atoms with E-state index in [2.05, 4.69) is 11.6 Å². The monoisotopic (exact) mass is 399 g/mol. The zero-order valence-corrected chi connectivity index (χ0v) is 16.3. The Kier molecular flexibility index (Phi) is 6.09. The lowest BCUT2D eigenvalue weighted by molar-refractivity contribution is -0.129. The van der Waals surface area contributed by atoms with Gasteiger partial charge in [-0.05, 0) is 36.2 Å². The summed E-state index contributed by atoms with van der Waals surface area (Å²) in [7, 11) is -3.86. The molecule has 0 aromatic heterocycles. The van der Waals surface area contributed by atoms with E-state index in [9.17, 15) is 13.2 Å². The number of nitriles is 1. The van der Waals surface area contributed by atoms with Gasteiger partial charge in [0, 0.05) is 12.2 Å². The first-order valence-electron chi connectivity index (χ1n) is 8.94. The van der Waals surface area contributed by atoms with Crippen LogP contribution in [0.25, 0.3) is 0 Å². The Morgan fingerprint density at radius 3 is 2.61 bits per heavy atom. The molecular formula is C20H21N3O4S. The molecule has 1 N–H and O–H groups in total. The van der Waals surface area contributed by atoms with Crippen LogP contribution in [0.5, 0.6) is 0 Å². The van der Waals surface area contributed by atoms with Crippen LogP contribution < -0.4 is 9.62 Å². The highest BCUT2D eigenvalue weighted by Crippen LogP contribution is 2.20. The third kappa shape index (κ3) is 4.39. The van der Waals surface area contributed by atoms with Gasteiger partial charge < -0.3 is 9.64 Å². The number of benzene rings is 2. The Hall–Kier alpha value is -2.73. The van der Waals surface area contributed by atoms with Gasteiger partial charge in [0.25, 0.3) is 5.91 Å². The normalized spacial score (nSPS) is 17.4. The number of sulfonamides is 1. The molecular weight excluding hydrogens is 378 g/mol. The van der Waals surface area contributed by atoms with E-state index >= 15 is 0 Å². The van der Waals surface area contributed by atoms with Gasteiger partial charge in [-0.25, -0.2) is 13.1 Å². The van der Waals surface area contributed by atoms with Crippen LogP contribution in [0.2, 0.25) is 0 Å². The van der Waals surface area contributed by atoms with Crippen LogP contribution in [0.1, 0.15) is 18.1 Å². The summed E-state index contributed by atoms with van der Waals surface area (Å²) in [4.78, 5) is 13.8. The lowest BCUT2D eigenvalue weighted by atomic mass is 10.1. The van der Waals surface area contributed by atoms with E-state index < -0.39 is 16.1 Å². The molecule has 2 aromatic carbocycles. The molecule has 1 aliphatic rings. The fourth-order valence-electron chi connectivity index (χ4n) is 2.98. The number of rotatable bonds is 6. The van der Waals surface area contributed by atoms with Crippen molar-refractivity contribution in [3.8, 4) is 6.07 Å². The van der Waals surface area contributed by atoms with Crippen molar-refractivity contribution in [3.63, 3.8) is 0 Å². The Bertz CT molecular complexity index is 997. The zero-order chi connectivity index (χ0) is 20.1. The minimum atomic E-state index is -3.86. The van der Waals surface area contributed by atoms with E-state index in [4.69, 9.17) is 10.00 Å². The maximum atomic E-state index is 12.5. The third-order valence-corrected chi connectivity index (χ3v) is 6.07. The van der Waals surface area contributed by atoms with Gasteiger partial charge in [-0.1, -0.05) is 31.2 Å². The number of nitrogens with zero attached hydrogens (tertiary/aromatic N) is 2. The standard InChI is InChI=1S/C20H21N3O4S/c1-2-15-7-9-17(10-8-15)23-13-18(27-14-20(23)24)12-22-28(25,26)19-6-4-3-5-16(19)11-21/h3-10,18,22H,2,12-14H2,1H3. The minimum Gasteiger partial charge on any atom is -0.365 e. The van der Waals surface area contributed by atoms with Gasteiger partial charge in [0.1, 0.15) is 12.7 Å². The van der Waals surface area contributed by atoms with E-state index in [0.29, 0.717) is 0 Å². The fourth-order valence-corrected chi connectivity index (χ4v) is 4.21. The average molecular weight is 399 g/mol. The number of amides is 1. The second-order valence-corrected chi connectivity index (χ2v) is 8.15. The van der Waals surface area contributed by atoms with Crippen molar-refractivity contribution < 1.29 is 17.9 Å². The van der Waals surface area contributed by atoms with Crippen LogP contribution in [-0.4, -0.2) is 40.1 Å². The number of ether oxygens (including phenoxy) is 1. The van der Waals surface area contributed by atoms with E-state index in [-0.39, 0.29) is 36.1 Å². The first kappa shape index (κ1) is 20.0. The highest BCUT2D eigenvalue weighted by molar-refractivity contribution is 7.89. The molecule has 1 saturated heterocycles. The summed E-state index contributed by atoms with van der Waals surface area (Å²) < 4.78 is 33.1. The molecule has 0 saturated carbocycles. The van der Waals surface area contributed by atoms with Crippen molar-refractivity contribution in [2.45, 2.75) is 24.3 Å². The Labute approximate surface area is 164 Å². The molecule has 3 rings (SSSR count). The number of carbonyl (C=O) groups excluding carboxylic acids is 1. The molecule has 1 amide bonds. The molecule has 1 fully saturated rings. The summed E-state index contributed by atoms with van der Waals surface area (Å²) in [5.41, 5.74) is 2.01. The summed E-state index contributed by atoms with van der Waals surface area (Å²) in [5, 5.41) is 9.11. The van der Waals surface area contributed by atoms with Crippen molar-refractivity contribution in [1.82, 2.24) is 4.72 Å². The van der Waals surface area contributed by atoms with Crippen molar-refractivity contribution in [3.05, 3.63) is 59.7 Å². The lowest BCUT2D eigenvalue weighted by Gasteiger charge is -2.33. The van der Waals surface area contributed by atoms with Crippen LogP contribution in [-0.2, 0) is 26.0 Å². The van der Waals surface area contributed by atoms with Gasteiger partial charge in [0.2, 0.25) is 10.0 Å². The quantitative estimate of drug-likeness (QED) is 0.799. The van der Waals surface area contributed by atoms with Crippen molar-refractivity contribution in [2.75, 3.05) is 24.6 Å². The number of carbonyl (C=O) groups is 1. The van der Waals surface area contributed by atoms with Crippen LogP contribution in [0.4, 0.5) is 5.69 Å². The number of anilines is 1. The number of aryl methyl sites for hydroxylation is 1. The van der Waals surface area contributed by atoms with E-state index in [1.54, 1.807) is 17.0 Å². The van der Waals surface area contributed by atoms with Gasteiger partial charge in [0.05, 0.1) is 23.1 Å². The Balaban J connectivity index is 1.69. The summed E-state index contributed by atoms with van der Waals surface area (Å²) in [6.45, 7) is 2.18. The summed E-state index contributed by atoms with van der Waals surface area (Å²) in [6.07, 6.45) is 0.416. The molecule has 1 atom stereocenters. The topological polar surface area (TPSA) is 99.5 Å². The first-order valence-corrected chi connectivity index (χ1v) is 10.4. The molecule has 7 nitrogen and oxygen atoms in total. The number of nitrogens with one attached hydrogen (secondary N) is 1. The maximum absolute atomic E-state index is 12.5. The smallest absolute Gasteiger partial charge is 0.253 e. The predicted molar refractivity (Wildman–Crippen MR) is 104 cm³/mol. The first-order chi connectivity index (χ1) is 13.4. The Morgan fingerprint density at radius 1 is 1.21 bits per heavy atom. The molecule has 146 valence electrons. The van der Waals surface area contributed by atoms with Crippen LogP contribution >= 0.6 is 0 Å². The van der Waals surface area contributed by atoms with Crippen LogP contribution in [0.3, 0.4) is 0 Å². The molecule has 0 spiro atoms. The summed E-state index contributed by atoms with van der Waals surface area (Å²) in [6, 6.07) is 15.6. The maximum Gasteiger partial charge on any atom is 0.253 e. The molecule has 1 heterocycles.